The maximum atomic E-state index is 5.51. The highest BCUT2D eigenvalue weighted by Crippen LogP contribution is 2.39. The van der Waals surface area contributed by atoms with Crippen molar-refractivity contribution in [1.29, 1.82) is 0 Å². The van der Waals surface area contributed by atoms with Gasteiger partial charge < -0.3 is 9.84 Å². The lowest BCUT2D eigenvalue weighted by Gasteiger charge is -2.15. The average molecular weight is 287 g/mol. The largest absolute Gasteiger partial charge is 0.339 e. The van der Waals surface area contributed by atoms with Gasteiger partial charge in [-0.15, -0.1) is 11.8 Å². The molecule has 1 N–H and O–H groups in total. The lowest BCUT2D eigenvalue weighted by molar-refractivity contribution is 0.329. The molecule has 2 aromatic rings. The van der Waals surface area contributed by atoms with Crippen LogP contribution in [0, 0.1) is 0 Å². The molecule has 2 fully saturated rings. The first kappa shape index (κ1) is 12.4. The van der Waals surface area contributed by atoms with E-state index in [0.717, 1.165) is 17.9 Å². The molecule has 20 heavy (non-hydrogen) atoms. The smallest absolute Gasteiger partial charge is 0.231 e. The number of benzene rings is 1. The molecule has 0 aliphatic carbocycles. The van der Waals surface area contributed by atoms with Crippen molar-refractivity contribution in [2.75, 3.05) is 6.26 Å². The van der Waals surface area contributed by atoms with Gasteiger partial charge in [0.25, 0.3) is 0 Å². The Morgan fingerprint density at radius 1 is 1.25 bits per heavy atom. The zero-order valence-corrected chi connectivity index (χ0v) is 12.2. The predicted molar refractivity (Wildman–Crippen MR) is 78.8 cm³/mol. The maximum absolute atomic E-state index is 5.51. The number of aromatic nitrogens is 2. The van der Waals surface area contributed by atoms with E-state index in [4.69, 9.17) is 4.52 Å². The Morgan fingerprint density at radius 2 is 2.10 bits per heavy atom. The lowest BCUT2D eigenvalue weighted by atomic mass is 9.89. The summed E-state index contributed by atoms with van der Waals surface area (Å²) < 4.78 is 5.51. The van der Waals surface area contributed by atoms with Gasteiger partial charge in [-0.1, -0.05) is 5.16 Å². The van der Waals surface area contributed by atoms with Crippen LogP contribution >= 0.6 is 11.8 Å². The van der Waals surface area contributed by atoms with Gasteiger partial charge in [0, 0.05) is 22.5 Å². The molecule has 2 aliphatic rings. The highest BCUT2D eigenvalue weighted by Gasteiger charge is 2.42. The van der Waals surface area contributed by atoms with Crippen molar-refractivity contribution >= 4 is 11.8 Å². The molecular weight excluding hydrogens is 270 g/mol. The summed E-state index contributed by atoms with van der Waals surface area (Å²) in [7, 11) is 0. The molecule has 0 amide bonds. The highest BCUT2D eigenvalue weighted by molar-refractivity contribution is 7.98. The van der Waals surface area contributed by atoms with Gasteiger partial charge in [-0.05, 0) is 49.8 Å². The van der Waals surface area contributed by atoms with Crippen molar-refractivity contribution in [3.63, 3.8) is 0 Å². The van der Waals surface area contributed by atoms with Crippen molar-refractivity contribution < 1.29 is 4.52 Å². The fraction of sp³-hybridized carbons (Fsp3) is 0.467. The standard InChI is InChI=1S/C15H17N3OS/c1-20-11-5-2-9(3-6-11)14-17-15(19-18-14)12-8-10-4-7-13(12)16-10/h2-3,5-6,10,12-13,16H,4,7-8H2,1H3. The summed E-state index contributed by atoms with van der Waals surface area (Å²) in [5.74, 6) is 1.91. The van der Waals surface area contributed by atoms with Gasteiger partial charge >= 0.3 is 0 Å². The van der Waals surface area contributed by atoms with Crippen LogP contribution in [0.2, 0.25) is 0 Å². The van der Waals surface area contributed by atoms with E-state index in [2.05, 4.69) is 46.0 Å². The van der Waals surface area contributed by atoms with Crippen LogP contribution in [0.4, 0.5) is 0 Å². The summed E-state index contributed by atoms with van der Waals surface area (Å²) in [6.45, 7) is 0. The SMILES string of the molecule is CSc1ccc(-c2noc(C3CC4CCC3N4)n2)cc1. The van der Waals surface area contributed by atoms with Crippen LogP contribution in [0.3, 0.4) is 0 Å². The van der Waals surface area contributed by atoms with Crippen LogP contribution in [0.25, 0.3) is 11.4 Å². The second-order valence-electron chi connectivity index (χ2n) is 5.57. The molecule has 4 nitrogen and oxygen atoms in total. The van der Waals surface area contributed by atoms with Crippen molar-refractivity contribution in [3.05, 3.63) is 30.2 Å². The highest BCUT2D eigenvalue weighted by atomic mass is 32.2. The Balaban J connectivity index is 1.58. The molecule has 2 saturated heterocycles. The minimum Gasteiger partial charge on any atom is -0.339 e. The molecule has 2 bridgehead atoms. The monoisotopic (exact) mass is 287 g/mol. The zero-order chi connectivity index (χ0) is 13.5. The number of rotatable bonds is 3. The van der Waals surface area contributed by atoms with Crippen LogP contribution in [0.5, 0.6) is 0 Å². The van der Waals surface area contributed by atoms with E-state index in [-0.39, 0.29) is 0 Å². The average Bonchev–Trinajstić information content (AvgIpc) is 3.23. The molecule has 3 heterocycles. The molecule has 104 valence electrons. The molecular formula is C15H17N3OS. The van der Waals surface area contributed by atoms with Crippen LogP contribution in [0.15, 0.2) is 33.7 Å². The number of fused-ring (bicyclic) bond motifs is 2. The van der Waals surface area contributed by atoms with Gasteiger partial charge in [-0.25, -0.2) is 0 Å². The first-order valence-corrected chi connectivity index (χ1v) is 8.30. The van der Waals surface area contributed by atoms with E-state index in [1.54, 1.807) is 11.8 Å². The molecule has 2 aliphatic heterocycles. The molecule has 4 rings (SSSR count). The third kappa shape index (κ3) is 2.05. The van der Waals surface area contributed by atoms with E-state index in [1.165, 1.54) is 17.7 Å². The predicted octanol–water partition coefficient (Wildman–Crippen LogP) is 3.07. The summed E-state index contributed by atoms with van der Waals surface area (Å²) in [6, 6.07) is 9.48. The van der Waals surface area contributed by atoms with Crippen LogP contribution in [0.1, 0.15) is 31.1 Å². The van der Waals surface area contributed by atoms with Gasteiger partial charge in [-0.2, -0.15) is 4.98 Å². The summed E-state index contributed by atoms with van der Waals surface area (Å²) in [5.41, 5.74) is 1.02. The Kier molecular flexibility index (Phi) is 3.04. The normalized spacial score (nSPS) is 28.1. The van der Waals surface area contributed by atoms with Crippen molar-refractivity contribution in [2.24, 2.45) is 0 Å². The third-order valence-corrected chi connectivity index (χ3v) is 5.15. The number of nitrogens with one attached hydrogen (secondary N) is 1. The van der Waals surface area contributed by atoms with Gasteiger partial charge in [0.15, 0.2) is 0 Å². The number of hydrogen-bond donors (Lipinski definition) is 1. The summed E-state index contributed by atoms with van der Waals surface area (Å²) in [6.07, 6.45) is 5.73. The second kappa shape index (κ2) is 4.90. The van der Waals surface area contributed by atoms with Crippen molar-refractivity contribution in [1.82, 2.24) is 15.5 Å². The van der Waals surface area contributed by atoms with Gasteiger partial charge in [0.05, 0.1) is 5.92 Å². The second-order valence-corrected chi connectivity index (χ2v) is 6.45. The quantitative estimate of drug-likeness (QED) is 0.879. The molecule has 3 unspecified atom stereocenters. The Labute approximate surface area is 122 Å². The van der Waals surface area contributed by atoms with Crippen LogP contribution in [-0.2, 0) is 0 Å². The van der Waals surface area contributed by atoms with Crippen molar-refractivity contribution in [3.8, 4) is 11.4 Å². The third-order valence-electron chi connectivity index (χ3n) is 4.41. The zero-order valence-electron chi connectivity index (χ0n) is 11.4. The number of hydrogen-bond acceptors (Lipinski definition) is 5. The first-order valence-electron chi connectivity index (χ1n) is 7.07. The summed E-state index contributed by atoms with van der Waals surface area (Å²) in [5, 5.41) is 7.76. The van der Waals surface area contributed by atoms with Gasteiger partial charge in [0.1, 0.15) is 0 Å². The van der Waals surface area contributed by atoms with Crippen LogP contribution in [-0.4, -0.2) is 28.5 Å². The molecule has 3 atom stereocenters. The van der Waals surface area contributed by atoms with Crippen LogP contribution < -0.4 is 5.32 Å². The molecule has 5 heteroatoms. The molecule has 0 radical (unpaired) electrons. The Bertz CT molecular complexity index is 610. The molecule has 1 aromatic carbocycles. The topological polar surface area (TPSA) is 51.0 Å². The van der Waals surface area contributed by atoms with E-state index < -0.39 is 0 Å². The van der Waals surface area contributed by atoms with Gasteiger partial charge in [-0.3, -0.25) is 0 Å². The van der Waals surface area contributed by atoms with E-state index >= 15 is 0 Å². The summed E-state index contributed by atoms with van der Waals surface area (Å²) in [4.78, 5) is 5.86. The molecule has 1 aromatic heterocycles. The minimum atomic E-state index is 0.403. The Morgan fingerprint density at radius 3 is 2.75 bits per heavy atom. The Hall–Kier alpha value is -1.33. The summed E-state index contributed by atoms with van der Waals surface area (Å²) >= 11 is 1.73. The number of thioether (sulfide) groups is 1. The maximum Gasteiger partial charge on any atom is 0.231 e. The fourth-order valence-electron chi connectivity index (χ4n) is 3.34. The first-order chi connectivity index (χ1) is 9.83. The number of nitrogens with zero attached hydrogens (tertiary/aromatic N) is 2. The minimum absolute atomic E-state index is 0.403. The molecule has 0 spiro atoms. The lowest BCUT2D eigenvalue weighted by Crippen LogP contribution is -2.21. The molecule has 0 saturated carbocycles. The van der Waals surface area contributed by atoms with E-state index in [9.17, 15) is 0 Å². The van der Waals surface area contributed by atoms with E-state index in [1.807, 2.05) is 0 Å². The van der Waals surface area contributed by atoms with Gasteiger partial charge in [0.2, 0.25) is 11.7 Å². The van der Waals surface area contributed by atoms with E-state index in [0.29, 0.717) is 23.8 Å². The fourth-order valence-corrected chi connectivity index (χ4v) is 3.75. The van der Waals surface area contributed by atoms with Crippen molar-refractivity contribution in [2.45, 2.75) is 42.2 Å².